The minimum absolute atomic E-state index is 0.0226. The van der Waals surface area contributed by atoms with Crippen molar-refractivity contribution >= 4 is 38.9 Å². The fourth-order valence-electron chi connectivity index (χ4n) is 3.56. The number of hydrogen-bond acceptors (Lipinski definition) is 6. The Bertz CT molecular complexity index is 985. The van der Waals surface area contributed by atoms with Gasteiger partial charge in [0.25, 0.3) is 0 Å². The first-order valence-electron chi connectivity index (χ1n) is 10.3. The van der Waals surface area contributed by atoms with Crippen molar-refractivity contribution in [2.24, 2.45) is 11.1 Å². The molecular weight excluding hydrogens is 436 g/mol. The molecule has 2 aromatic rings. The van der Waals surface area contributed by atoms with E-state index in [1.165, 1.54) is 23.1 Å². The third-order valence-corrected chi connectivity index (χ3v) is 7.16. The monoisotopic (exact) mass is 464 g/mol. The summed E-state index contributed by atoms with van der Waals surface area (Å²) in [5, 5.41) is 12.9. The van der Waals surface area contributed by atoms with E-state index in [-0.39, 0.29) is 29.0 Å². The number of nitrogens with two attached hydrogens (primary N) is 1. The van der Waals surface area contributed by atoms with E-state index in [1.807, 2.05) is 11.4 Å². The predicted octanol–water partition coefficient (Wildman–Crippen LogP) is 1.80. The summed E-state index contributed by atoms with van der Waals surface area (Å²) < 4.78 is 22.8. The summed E-state index contributed by atoms with van der Waals surface area (Å²) in [6.07, 6.45) is 2.71. The SMILES string of the molecule is NS(=O)(=O)c1cccc(NC(=O)CCN2CCC(C(=O)NCCc3cccs3)CC2)c1. The highest BCUT2D eigenvalue weighted by molar-refractivity contribution is 7.89. The molecule has 1 aliphatic rings. The summed E-state index contributed by atoms with van der Waals surface area (Å²) in [5.41, 5.74) is 0.398. The number of carbonyl (C=O) groups is 2. The first-order valence-corrected chi connectivity index (χ1v) is 12.7. The Morgan fingerprint density at radius 2 is 1.94 bits per heavy atom. The largest absolute Gasteiger partial charge is 0.355 e. The minimum atomic E-state index is -3.81. The number of likely N-dealkylation sites (tertiary alicyclic amines) is 1. The molecule has 0 radical (unpaired) electrons. The fraction of sp³-hybridized carbons (Fsp3) is 0.429. The highest BCUT2D eigenvalue weighted by Gasteiger charge is 2.24. The number of sulfonamides is 1. The van der Waals surface area contributed by atoms with Crippen LogP contribution in [0.4, 0.5) is 5.69 Å². The molecule has 3 rings (SSSR count). The van der Waals surface area contributed by atoms with Gasteiger partial charge in [-0.1, -0.05) is 12.1 Å². The van der Waals surface area contributed by atoms with Crippen molar-refractivity contribution in [1.82, 2.24) is 10.2 Å². The standard InChI is InChI=1S/C21H28N4O4S2/c22-31(28,29)19-5-1-3-17(15-19)24-20(26)9-13-25-11-7-16(8-12-25)21(27)23-10-6-18-4-2-14-30-18/h1-5,14-16H,6-13H2,(H,23,27)(H,24,26)(H2,22,28,29). The van der Waals surface area contributed by atoms with Crippen molar-refractivity contribution in [1.29, 1.82) is 0 Å². The number of anilines is 1. The number of amides is 2. The maximum atomic E-state index is 12.4. The average molecular weight is 465 g/mol. The number of thiophene rings is 1. The van der Waals surface area contributed by atoms with Crippen molar-refractivity contribution in [2.75, 3.05) is 31.5 Å². The highest BCUT2D eigenvalue weighted by atomic mass is 32.2. The molecule has 31 heavy (non-hydrogen) atoms. The Balaban J connectivity index is 1.35. The van der Waals surface area contributed by atoms with E-state index in [0.717, 1.165) is 32.4 Å². The second-order valence-corrected chi connectivity index (χ2v) is 10.2. The van der Waals surface area contributed by atoms with Gasteiger partial charge in [0.1, 0.15) is 0 Å². The van der Waals surface area contributed by atoms with Crippen LogP contribution in [0.5, 0.6) is 0 Å². The number of hydrogen-bond donors (Lipinski definition) is 3. The van der Waals surface area contributed by atoms with Gasteiger partial charge in [-0.2, -0.15) is 0 Å². The molecule has 0 saturated carbocycles. The Kier molecular flexibility index (Phi) is 8.19. The zero-order chi connectivity index (χ0) is 22.3. The Labute approximate surface area is 186 Å². The van der Waals surface area contributed by atoms with Crippen LogP contribution in [-0.4, -0.2) is 51.3 Å². The van der Waals surface area contributed by atoms with Gasteiger partial charge in [0, 0.05) is 36.0 Å². The smallest absolute Gasteiger partial charge is 0.238 e. The summed E-state index contributed by atoms with van der Waals surface area (Å²) >= 11 is 1.70. The number of primary sulfonamides is 1. The van der Waals surface area contributed by atoms with Gasteiger partial charge in [-0.15, -0.1) is 11.3 Å². The summed E-state index contributed by atoms with van der Waals surface area (Å²) in [6, 6.07) is 9.96. The van der Waals surface area contributed by atoms with E-state index in [9.17, 15) is 18.0 Å². The lowest BCUT2D eigenvalue weighted by Crippen LogP contribution is -2.41. The fourth-order valence-corrected chi connectivity index (χ4v) is 4.83. The third kappa shape index (κ3) is 7.42. The molecule has 0 atom stereocenters. The lowest BCUT2D eigenvalue weighted by atomic mass is 9.95. The number of benzene rings is 1. The van der Waals surface area contributed by atoms with Gasteiger partial charge < -0.3 is 15.5 Å². The Hall–Kier alpha value is -2.27. The maximum Gasteiger partial charge on any atom is 0.238 e. The first kappa shape index (κ1) is 23.4. The molecule has 2 heterocycles. The number of rotatable bonds is 9. The lowest BCUT2D eigenvalue weighted by Gasteiger charge is -2.31. The number of nitrogens with one attached hydrogen (secondary N) is 2. The molecule has 8 nitrogen and oxygen atoms in total. The van der Waals surface area contributed by atoms with Crippen molar-refractivity contribution in [2.45, 2.75) is 30.6 Å². The molecule has 0 aliphatic carbocycles. The summed E-state index contributed by atoms with van der Waals surface area (Å²) in [4.78, 5) is 28.0. The van der Waals surface area contributed by atoms with Crippen molar-refractivity contribution in [3.63, 3.8) is 0 Å². The quantitative estimate of drug-likeness (QED) is 0.522. The van der Waals surface area contributed by atoms with E-state index in [1.54, 1.807) is 17.4 Å². The molecule has 1 saturated heterocycles. The topological polar surface area (TPSA) is 122 Å². The van der Waals surface area contributed by atoms with Gasteiger partial charge in [0.2, 0.25) is 21.8 Å². The average Bonchev–Trinajstić information content (AvgIpc) is 3.26. The van der Waals surface area contributed by atoms with Gasteiger partial charge in [-0.25, -0.2) is 13.6 Å². The van der Waals surface area contributed by atoms with E-state index in [4.69, 9.17) is 5.14 Å². The molecule has 0 unspecified atom stereocenters. The van der Waals surface area contributed by atoms with E-state index in [0.29, 0.717) is 18.8 Å². The highest BCUT2D eigenvalue weighted by Crippen LogP contribution is 2.18. The van der Waals surface area contributed by atoms with Crippen LogP contribution in [0.2, 0.25) is 0 Å². The van der Waals surface area contributed by atoms with Crippen LogP contribution in [0.25, 0.3) is 0 Å². The molecule has 1 aliphatic heterocycles. The van der Waals surface area contributed by atoms with Gasteiger partial charge in [-0.3, -0.25) is 9.59 Å². The van der Waals surface area contributed by atoms with Crippen molar-refractivity contribution in [3.05, 3.63) is 46.7 Å². The molecule has 1 fully saturated rings. The summed E-state index contributed by atoms with van der Waals surface area (Å²) in [7, 11) is -3.81. The van der Waals surface area contributed by atoms with Crippen LogP contribution >= 0.6 is 11.3 Å². The second kappa shape index (κ2) is 10.9. The maximum absolute atomic E-state index is 12.4. The zero-order valence-corrected chi connectivity index (χ0v) is 18.9. The van der Waals surface area contributed by atoms with Crippen molar-refractivity contribution in [3.8, 4) is 0 Å². The molecule has 1 aromatic heterocycles. The molecular formula is C21H28N4O4S2. The van der Waals surface area contributed by atoms with Gasteiger partial charge in [0.15, 0.2) is 0 Å². The van der Waals surface area contributed by atoms with Crippen molar-refractivity contribution < 1.29 is 18.0 Å². The number of carbonyl (C=O) groups excluding carboxylic acids is 2. The van der Waals surface area contributed by atoms with Gasteiger partial charge >= 0.3 is 0 Å². The molecule has 1 aromatic carbocycles. The first-order chi connectivity index (χ1) is 14.8. The van der Waals surface area contributed by atoms with Crippen LogP contribution in [-0.2, 0) is 26.0 Å². The number of nitrogens with zero attached hydrogens (tertiary/aromatic N) is 1. The molecule has 4 N–H and O–H groups in total. The zero-order valence-electron chi connectivity index (χ0n) is 17.2. The van der Waals surface area contributed by atoms with E-state index >= 15 is 0 Å². The van der Waals surface area contributed by atoms with Crippen LogP contribution < -0.4 is 15.8 Å². The van der Waals surface area contributed by atoms with Crippen LogP contribution in [0.3, 0.4) is 0 Å². The molecule has 0 spiro atoms. The van der Waals surface area contributed by atoms with Crippen LogP contribution in [0.15, 0.2) is 46.7 Å². The van der Waals surface area contributed by atoms with E-state index < -0.39 is 10.0 Å². The van der Waals surface area contributed by atoms with Crippen LogP contribution in [0.1, 0.15) is 24.1 Å². The normalized spacial score (nSPS) is 15.5. The summed E-state index contributed by atoms with van der Waals surface area (Å²) in [5.74, 6) is -0.0573. The Morgan fingerprint density at radius 1 is 1.16 bits per heavy atom. The van der Waals surface area contributed by atoms with Gasteiger partial charge in [-0.05, 0) is 62.0 Å². The third-order valence-electron chi connectivity index (χ3n) is 5.31. The minimum Gasteiger partial charge on any atom is -0.355 e. The van der Waals surface area contributed by atoms with Crippen LogP contribution in [0, 0.1) is 5.92 Å². The molecule has 10 heteroatoms. The summed E-state index contributed by atoms with van der Waals surface area (Å²) in [6.45, 7) is 2.80. The van der Waals surface area contributed by atoms with E-state index in [2.05, 4.69) is 21.6 Å². The second-order valence-electron chi connectivity index (χ2n) is 7.61. The molecule has 0 bridgehead atoms. The molecule has 168 valence electrons. The molecule has 2 amide bonds. The predicted molar refractivity (Wildman–Crippen MR) is 121 cm³/mol. The Morgan fingerprint density at radius 3 is 2.61 bits per heavy atom. The number of piperidine rings is 1. The van der Waals surface area contributed by atoms with Gasteiger partial charge in [0.05, 0.1) is 4.90 Å². The lowest BCUT2D eigenvalue weighted by molar-refractivity contribution is -0.126.